The van der Waals surface area contributed by atoms with Crippen molar-refractivity contribution in [2.24, 2.45) is 11.8 Å². The van der Waals surface area contributed by atoms with Crippen molar-refractivity contribution in [2.45, 2.75) is 46.3 Å². The zero-order chi connectivity index (χ0) is 24.8. The number of Topliss-reactive ketones (excluding diaryl/α,β-unsaturated/α-hetero) is 1. The molecule has 2 atom stereocenters. The molecule has 0 bridgehead atoms. The number of rotatable bonds is 14. The van der Waals surface area contributed by atoms with Gasteiger partial charge in [-0.3, -0.25) is 9.59 Å². The molecule has 0 fully saturated rings. The number of benzene rings is 2. The standard InChI is InChI=1S/C27H36N2O5/c1-4-33-19-25(30)23(16-21-11-7-5-8-12-21)17-28-26(31)24(15-20(2)3)29-27(32)34-18-22-13-9-6-10-14-22/h5-14,20,23-24H,4,15-19H2,1-3H3,(H,28,31)(H,29,32)/t23-,24-/m0/s1. The smallest absolute Gasteiger partial charge is 0.408 e. The Morgan fingerprint density at radius 1 is 0.912 bits per heavy atom. The van der Waals surface area contributed by atoms with Gasteiger partial charge in [-0.1, -0.05) is 74.5 Å². The fraction of sp³-hybridized carbons (Fsp3) is 0.444. The van der Waals surface area contributed by atoms with Crippen LogP contribution in [-0.4, -0.2) is 43.6 Å². The van der Waals surface area contributed by atoms with Gasteiger partial charge in [0, 0.05) is 19.1 Å². The molecule has 184 valence electrons. The number of carbonyl (C=O) groups excluding carboxylic acids is 3. The van der Waals surface area contributed by atoms with Crippen LogP contribution in [0.25, 0.3) is 0 Å². The molecule has 2 N–H and O–H groups in total. The predicted octanol–water partition coefficient (Wildman–Crippen LogP) is 3.91. The van der Waals surface area contributed by atoms with E-state index in [4.69, 9.17) is 9.47 Å². The maximum atomic E-state index is 13.0. The first-order valence-corrected chi connectivity index (χ1v) is 11.8. The highest BCUT2D eigenvalue weighted by Gasteiger charge is 2.25. The van der Waals surface area contributed by atoms with E-state index in [0.717, 1.165) is 11.1 Å². The van der Waals surface area contributed by atoms with Crippen molar-refractivity contribution in [1.82, 2.24) is 10.6 Å². The molecule has 0 spiro atoms. The van der Waals surface area contributed by atoms with E-state index >= 15 is 0 Å². The highest BCUT2D eigenvalue weighted by Crippen LogP contribution is 2.11. The summed E-state index contributed by atoms with van der Waals surface area (Å²) in [5.74, 6) is -0.665. The van der Waals surface area contributed by atoms with Crippen LogP contribution in [0.3, 0.4) is 0 Å². The zero-order valence-corrected chi connectivity index (χ0v) is 20.3. The van der Waals surface area contributed by atoms with E-state index in [0.29, 0.717) is 19.4 Å². The molecule has 2 aromatic rings. The molecule has 34 heavy (non-hydrogen) atoms. The average molecular weight is 469 g/mol. The fourth-order valence-corrected chi connectivity index (χ4v) is 3.48. The number of hydrogen-bond donors (Lipinski definition) is 2. The van der Waals surface area contributed by atoms with Gasteiger partial charge in [-0.05, 0) is 36.8 Å². The van der Waals surface area contributed by atoms with Gasteiger partial charge in [-0.15, -0.1) is 0 Å². The molecule has 0 aliphatic carbocycles. The van der Waals surface area contributed by atoms with Crippen LogP contribution in [0.5, 0.6) is 0 Å². The Morgan fingerprint density at radius 2 is 1.53 bits per heavy atom. The van der Waals surface area contributed by atoms with Crippen LogP contribution in [0.1, 0.15) is 38.3 Å². The van der Waals surface area contributed by atoms with Crippen LogP contribution in [0.15, 0.2) is 60.7 Å². The minimum Gasteiger partial charge on any atom is -0.445 e. The zero-order valence-electron chi connectivity index (χ0n) is 20.3. The van der Waals surface area contributed by atoms with Crippen molar-refractivity contribution in [3.05, 3.63) is 71.8 Å². The van der Waals surface area contributed by atoms with Gasteiger partial charge < -0.3 is 20.1 Å². The number of ether oxygens (including phenoxy) is 2. The van der Waals surface area contributed by atoms with Crippen molar-refractivity contribution in [3.63, 3.8) is 0 Å². The minimum absolute atomic E-state index is 0.00333. The topological polar surface area (TPSA) is 93.7 Å². The molecule has 0 aliphatic heterocycles. The Morgan fingerprint density at radius 3 is 2.12 bits per heavy atom. The number of hydrogen-bond acceptors (Lipinski definition) is 5. The first kappa shape index (κ1) is 27.1. The lowest BCUT2D eigenvalue weighted by molar-refractivity contribution is -0.128. The van der Waals surface area contributed by atoms with Crippen LogP contribution in [0.4, 0.5) is 4.79 Å². The third-order valence-electron chi connectivity index (χ3n) is 5.28. The summed E-state index contributed by atoms with van der Waals surface area (Å²) in [6.07, 6.45) is 0.287. The molecule has 0 unspecified atom stereocenters. The molecule has 0 aromatic heterocycles. The molecule has 2 aromatic carbocycles. The molecule has 0 radical (unpaired) electrons. The lowest BCUT2D eigenvalue weighted by Gasteiger charge is -2.22. The molecule has 0 heterocycles. The highest BCUT2D eigenvalue weighted by atomic mass is 16.5. The Hall–Kier alpha value is -3.19. The van der Waals surface area contributed by atoms with Crippen LogP contribution in [-0.2, 0) is 32.1 Å². The number of nitrogens with one attached hydrogen (secondary N) is 2. The van der Waals surface area contributed by atoms with E-state index in [-0.39, 0.29) is 37.4 Å². The van der Waals surface area contributed by atoms with E-state index in [9.17, 15) is 14.4 Å². The van der Waals surface area contributed by atoms with Gasteiger partial charge in [-0.25, -0.2) is 4.79 Å². The molecule has 0 aliphatic rings. The van der Waals surface area contributed by atoms with Gasteiger partial charge in [0.2, 0.25) is 5.91 Å². The molecule has 2 rings (SSSR count). The maximum absolute atomic E-state index is 13.0. The average Bonchev–Trinajstić information content (AvgIpc) is 2.84. The summed E-state index contributed by atoms with van der Waals surface area (Å²) in [4.78, 5) is 38.0. The maximum Gasteiger partial charge on any atom is 0.408 e. The quantitative estimate of drug-likeness (QED) is 0.439. The molecular formula is C27H36N2O5. The van der Waals surface area contributed by atoms with Gasteiger partial charge in [0.05, 0.1) is 0 Å². The van der Waals surface area contributed by atoms with E-state index in [1.807, 2.05) is 81.4 Å². The summed E-state index contributed by atoms with van der Waals surface area (Å²) in [6, 6.07) is 18.2. The van der Waals surface area contributed by atoms with Crippen molar-refractivity contribution in [3.8, 4) is 0 Å². The van der Waals surface area contributed by atoms with Gasteiger partial charge in [0.15, 0.2) is 5.78 Å². The largest absolute Gasteiger partial charge is 0.445 e. The Labute approximate surface area is 202 Å². The predicted molar refractivity (Wildman–Crippen MR) is 131 cm³/mol. The molecule has 0 saturated carbocycles. The third-order valence-corrected chi connectivity index (χ3v) is 5.28. The number of ketones is 1. The summed E-state index contributed by atoms with van der Waals surface area (Å²) < 4.78 is 10.6. The van der Waals surface area contributed by atoms with E-state index in [2.05, 4.69) is 10.6 Å². The van der Waals surface area contributed by atoms with Crippen molar-refractivity contribution in [1.29, 1.82) is 0 Å². The normalized spacial score (nSPS) is 12.6. The minimum atomic E-state index is -0.761. The lowest BCUT2D eigenvalue weighted by Crippen LogP contribution is -2.49. The first-order chi connectivity index (χ1) is 16.4. The summed E-state index contributed by atoms with van der Waals surface area (Å²) in [5, 5.41) is 5.53. The van der Waals surface area contributed by atoms with Crippen LogP contribution in [0.2, 0.25) is 0 Å². The number of amides is 2. The Kier molecular flexibility index (Phi) is 11.8. The molecule has 7 nitrogen and oxygen atoms in total. The Bertz CT molecular complexity index is 886. The van der Waals surface area contributed by atoms with Crippen LogP contribution >= 0.6 is 0 Å². The second kappa shape index (κ2) is 14.9. The second-order valence-electron chi connectivity index (χ2n) is 8.62. The molecule has 2 amide bonds. The summed E-state index contributed by atoms with van der Waals surface area (Å²) in [7, 11) is 0. The Balaban J connectivity index is 1.97. The lowest BCUT2D eigenvalue weighted by atomic mass is 9.95. The summed E-state index contributed by atoms with van der Waals surface area (Å²) in [5.41, 5.74) is 1.87. The third kappa shape index (κ3) is 10.2. The van der Waals surface area contributed by atoms with Crippen LogP contribution in [0, 0.1) is 11.8 Å². The van der Waals surface area contributed by atoms with Gasteiger partial charge in [0.1, 0.15) is 19.3 Å². The van der Waals surface area contributed by atoms with Gasteiger partial charge in [0.25, 0.3) is 0 Å². The molecular weight excluding hydrogens is 432 g/mol. The van der Waals surface area contributed by atoms with Gasteiger partial charge in [-0.2, -0.15) is 0 Å². The number of carbonyl (C=O) groups is 3. The van der Waals surface area contributed by atoms with E-state index < -0.39 is 18.1 Å². The molecule has 0 saturated heterocycles. The van der Waals surface area contributed by atoms with Crippen molar-refractivity contribution >= 4 is 17.8 Å². The summed E-state index contributed by atoms with van der Waals surface area (Å²) >= 11 is 0. The van der Waals surface area contributed by atoms with E-state index in [1.165, 1.54) is 0 Å². The van der Waals surface area contributed by atoms with E-state index in [1.54, 1.807) is 0 Å². The SMILES string of the molecule is CCOCC(=O)[C@H](CNC(=O)[C@H](CC(C)C)NC(=O)OCc1ccccc1)Cc1ccccc1. The number of alkyl carbamates (subject to hydrolysis) is 1. The summed E-state index contributed by atoms with van der Waals surface area (Å²) in [6.45, 7) is 6.51. The van der Waals surface area contributed by atoms with Crippen molar-refractivity contribution < 1.29 is 23.9 Å². The monoisotopic (exact) mass is 468 g/mol. The van der Waals surface area contributed by atoms with Crippen LogP contribution < -0.4 is 10.6 Å². The fourth-order valence-electron chi connectivity index (χ4n) is 3.48. The molecule has 7 heteroatoms. The highest BCUT2D eigenvalue weighted by molar-refractivity contribution is 5.87. The van der Waals surface area contributed by atoms with Crippen molar-refractivity contribution in [2.75, 3.05) is 19.8 Å². The second-order valence-corrected chi connectivity index (χ2v) is 8.62. The van der Waals surface area contributed by atoms with Gasteiger partial charge >= 0.3 is 6.09 Å². The first-order valence-electron chi connectivity index (χ1n) is 11.8.